The molecule has 34 heavy (non-hydrogen) atoms. The quantitative estimate of drug-likeness (QED) is 0.0590. The molecule has 1 fully saturated rings. The highest BCUT2D eigenvalue weighted by Gasteiger charge is 2.31. The van der Waals surface area contributed by atoms with E-state index in [1.165, 1.54) is 0 Å². The lowest BCUT2D eigenvalue weighted by molar-refractivity contribution is -0.142. The molecular formula is C20H38N8O6. The lowest BCUT2D eigenvalue weighted by atomic mass is 10.1. The number of hydrogen-bond acceptors (Lipinski definition) is 8. The number of hydrogen-bond donors (Lipinski definition) is 9. The Bertz CT molecular complexity index is 709. The van der Waals surface area contributed by atoms with Crippen molar-refractivity contribution in [3.8, 4) is 0 Å². The van der Waals surface area contributed by atoms with Crippen molar-refractivity contribution in [2.45, 2.75) is 69.1 Å². The van der Waals surface area contributed by atoms with Gasteiger partial charge in [0.15, 0.2) is 5.96 Å². The van der Waals surface area contributed by atoms with Crippen LogP contribution < -0.4 is 38.5 Å². The maximum absolute atomic E-state index is 12.8. The van der Waals surface area contributed by atoms with Crippen molar-refractivity contribution in [1.82, 2.24) is 21.3 Å². The van der Waals surface area contributed by atoms with E-state index in [1.54, 1.807) is 0 Å². The molecule has 12 N–H and O–H groups in total. The number of unbranched alkanes of at least 4 members (excludes halogenated alkanes) is 1. The van der Waals surface area contributed by atoms with Gasteiger partial charge < -0.3 is 48.7 Å². The second kappa shape index (κ2) is 15.8. The summed E-state index contributed by atoms with van der Waals surface area (Å²) in [6, 6.07) is -3.98. The molecule has 0 bridgehead atoms. The van der Waals surface area contributed by atoms with E-state index < -0.39 is 54.5 Å². The first kappa shape index (κ1) is 29.1. The van der Waals surface area contributed by atoms with Crippen LogP contribution in [0.1, 0.15) is 44.9 Å². The van der Waals surface area contributed by atoms with Crippen LogP contribution in [-0.2, 0) is 19.2 Å². The van der Waals surface area contributed by atoms with Crippen molar-refractivity contribution in [2.75, 3.05) is 26.2 Å². The molecule has 0 radical (unpaired) electrons. The second-order valence-electron chi connectivity index (χ2n) is 8.09. The number of aliphatic imine (C=N–C) groups is 1. The Balaban J connectivity index is 2.78. The van der Waals surface area contributed by atoms with Crippen LogP contribution in [0.3, 0.4) is 0 Å². The summed E-state index contributed by atoms with van der Waals surface area (Å²) in [6.45, 7) is 0.610. The van der Waals surface area contributed by atoms with Crippen molar-refractivity contribution in [3.05, 3.63) is 0 Å². The molecule has 194 valence electrons. The van der Waals surface area contributed by atoms with E-state index in [2.05, 4.69) is 26.3 Å². The number of amides is 3. The van der Waals surface area contributed by atoms with Gasteiger partial charge >= 0.3 is 5.97 Å². The van der Waals surface area contributed by atoms with E-state index in [-0.39, 0.29) is 25.3 Å². The Morgan fingerprint density at radius 3 is 2.18 bits per heavy atom. The number of aliphatic hydroxyl groups excluding tert-OH is 1. The number of carboxylic acids is 1. The zero-order chi connectivity index (χ0) is 25.5. The van der Waals surface area contributed by atoms with Crippen molar-refractivity contribution in [1.29, 1.82) is 0 Å². The van der Waals surface area contributed by atoms with Crippen LogP contribution in [0.2, 0.25) is 0 Å². The Kier molecular flexibility index (Phi) is 13.5. The van der Waals surface area contributed by atoms with Crippen molar-refractivity contribution in [3.63, 3.8) is 0 Å². The summed E-state index contributed by atoms with van der Waals surface area (Å²) < 4.78 is 0. The first-order chi connectivity index (χ1) is 16.2. The molecular weight excluding hydrogens is 448 g/mol. The summed E-state index contributed by atoms with van der Waals surface area (Å²) in [5.74, 6) is -3.22. The average Bonchev–Trinajstić information content (AvgIpc) is 3.33. The molecule has 3 amide bonds. The average molecular weight is 487 g/mol. The van der Waals surface area contributed by atoms with Gasteiger partial charge in [-0.1, -0.05) is 0 Å². The molecule has 14 heteroatoms. The molecule has 1 rings (SSSR count). The largest absolute Gasteiger partial charge is 0.480 e. The number of carbonyl (C=O) groups excluding carboxylic acids is 3. The lowest BCUT2D eigenvalue weighted by Gasteiger charge is -2.24. The summed E-state index contributed by atoms with van der Waals surface area (Å²) in [6.07, 6.45) is 3.13. The minimum atomic E-state index is -1.26. The summed E-state index contributed by atoms with van der Waals surface area (Å²) in [5.41, 5.74) is 16.0. The molecule has 1 saturated heterocycles. The van der Waals surface area contributed by atoms with Gasteiger partial charge in [0.2, 0.25) is 17.7 Å². The Morgan fingerprint density at radius 2 is 1.62 bits per heavy atom. The van der Waals surface area contributed by atoms with Crippen LogP contribution in [-0.4, -0.2) is 90.3 Å². The van der Waals surface area contributed by atoms with Gasteiger partial charge in [-0.05, 0) is 58.0 Å². The maximum Gasteiger partial charge on any atom is 0.326 e. The minimum Gasteiger partial charge on any atom is -0.480 e. The number of nitrogens with one attached hydrogen (secondary N) is 4. The highest BCUT2D eigenvalue weighted by atomic mass is 16.4. The van der Waals surface area contributed by atoms with Crippen LogP contribution >= 0.6 is 0 Å². The molecule has 0 aliphatic carbocycles. The number of carbonyl (C=O) groups is 4. The molecule has 1 aliphatic heterocycles. The van der Waals surface area contributed by atoms with Gasteiger partial charge in [-0.15, -0.1) is 0 Å². The van der Waals surface area contributed by atoms with Gasteiger partial charge in [0.25, 0.3) is 0 Å². The summed E-state index contributed by atoms with van der Waals surface area (Å²) in [4.78, 5) is 53.2. The maximum atomic E-state index is 12.8. The van der Waals surface area contributed by atoms with Gasteiger partial charge in [-0.25, -0.2) is 4.79 Å². The molecule has 0 aromatic rings. The predicted octanol–water partition coefficient (Wildman–Crippen LogP) is -3.55. The van der Waals surface area contributed by atoms with Crippen LogP contribution in [0.25, 0.3) is 0 Å². The standard InChI is InChI=1S/C20H38N8O6/c21-8-2-1-5-13(17(31)27-14(19(33)34)7-4-10-25-20(22)23)26-18(32)15(11-29)28-16(30)12-6-3-9-24-12/h12-15,24,29H,1-11,21H2,(H,26,32)(H,27,31)(H,28,30)(H,33,34)(H4,22,23,25). The molecule has 0 spiro atoms. The van der Waals surface area contributed by atoms with Gasteiger partial charge in [0.05, 0.1) is 12.6 Å². The van der Waals surface area contributed by atoms with E-state index in [4.69, 9.17) is 17.2 Å². The van der Waals surface area contributed by atoms with Crippen LogP contribution in [0.15, 0.2) is 4.99 Å². The molecule has 4 atom stereocenters. The molecule has 14 nitrogen and oxygen atoms in total. The smallest absolute Gasteiger partial charge is 0.326 e. The number of aliphatic carboxylic acids is 1. The second-order valence-corrected chi connectivity index (χ2v) is 8.09. The van der Waals surface area contributed by atoms with Crippen molar-refractivity contribution < 1.29 is 29.4 Å². The zero-order valence-electron chi connectivity index (χ0n) is 19.3. The number of aliphatic hydroxyl groups is 1. The molecule has 0 aromatic heterocycles. The SMILES string of the molecule is NCCCCC(NC(=O)C(CO)NC(=O)C1CCCN1)C(=O)NC(CCCN=C(N)N)C(=O)O. The van der Waals surface area contributed by atoms with Crippen LogP contribution in [0, 0.1) is 0 Å². The molecule has 4 unspecified atom stereocenters. The number of nitrogens with zero attached hydrogens (tertiary/aromatic N) is 1. The lowest BCUT2D eigenvalue weighted by Crippen LogP contribution is -2.58. The monoisotopic (exact) mass is 486 g/mol. The summed E-state index contributed by atoms with van der Waals surface area (Å²) in [7, 11) is 0. The Morgan fingerprint density at radius 1 is 0.971 bits per heavy atom. The molecule has 1 aliphatic rings. The highest BCUT2D eigenvalue weighted by molar-refractivity contribution is 5.94. The van der Waals surface area contributed by atoms with Crippen molar-refractivity contribution in [2.24, 2.45) is 22.2 Å². The number of rotatable bonds is 16. The van der Waals surface area contributed by atoms with Crippen LogP contribution in [0.4, 0.5) is 0 Å². The number of nitrogens with two attached hydrogens (primary N) is 3. The van der Waals surface area contributed by atoms with E-state index in [0.29, 0.717) is 38.8 Å². The third-order valence-electron chi connectivity index (χ3n) is 5.33. The Labute approximate surface area is 198 Å². The van der Waals surface area contributed by atoms with Crippen LogP contribution in [0.5, 0.6) is 0 Å². The topological polar surface area (TPSA) is 247 Å². The fourth-order valence-corrected chi connectivity index (χ4v) is 3.44. The summed E-state index contributed by atoms with van der Waals surface area (Å²) in [5, 5.41) is 29.5. The number of carboxylic acid groups (broad SMARTS) is 1. The van der Waals surface area contributed by atoms with Gasteiger partial charge in [-0.3, -0.25) is 19.4 Å². The molecule has 0 aromatic carbocycles. The minimum absolute atomic E-state index is 0.0744. The van der Waals surface area contributed by atoms with E-state index in [0.717, 1.165) is 6.42 Å². The third kappa shape index (κ3) is 10.8. The summed E-state index contributed by atoms with van der Waals surface area (Å²) >= 11 is 0. The zero-order valence-corrected chi connectivity index (χ0v) is 19.3. The Hall–Kier alpha value is -2.97. The van der Waals surface area contributed by atoms with E-state index >= 15 is 0 Å². The van der Waals surface area contributed by atoms with Gasteiger partial charge in [0.1, 0.15) is 18.1 Å². The van der Waals surface area contributed by atoms with E-state index in [1.807, 2.05) is 0 Å². The number of guanidine groups is 1. The third-order valence-corrected chi connectivity index (χ3v) is 5.33. The fourth-order valence-electron chi connectivity index (χ4n) is 3.44. The first-order valence-electron chi connectivity index (χ1n) is 11.4. The first-order valence-corrected chi connectivity index (χ1v) is 11.4. The van der Waals surface area contributed by atoms with E-state index in [9.17, 15) is 29.4 Å². The predicted molar refractivity (Wildman–Crippen MR) is 124 cm³/mol. The molecule has 0 saturated carbocycles. The molecule has 1 heterocycles. The normalized spacial score (nSPS) is 17.8. The van der Waals surface area contributed by atoms with Crippen molar-refractivity contribution >= 4 is 29.7 Å². The van der Waals surface area contributed by atoms with Gasteiger partial charge in [0, 0.05) is 6.54 Å². The fraction of sp³-hybridized carbons (Fsp3) is 0.750. The highest BCUT2D eigenvalue weighted by Crippen LogP contribution is 2.07. The van der Waals surface area contributed by atoms with Gasteiger partial charge in [-0.2, -0.15) is 0 Å².